The molecule has 0 atom stereocenters. The van der Waals surface area contributed by atoms with Crippen molar-refractivity contribution >= 4 is 11.8 Å². The van der Waals surface area contributed by atoms with E-state index in [9.17, 15) is 22.8 Å². The summed E-state index contributed by atoms with van der Waals surface area (Å²) in [5, 5.41) is 3.02. The van der Waals surface area contributed by atoms with Crippen molar-refractivity contribution in [2.45, 2.75) is 38.9 Å². The van der Waals surface area contributed by atoms with Gasteiger partial charge in [0.2, 0.25) is 11.8 Å². The number of amides is 2. The van der Waals surface area contributed by atoms with E-state index in [1.807, 2.05) is 20.8 Å². The maximum absolute atomic E-state index is 12.5. The lowest BCUT2D eigenvalue weighted by Crippen LogP contribution is -2.46. The van der Waals surface area contributed by atoms with Gasteiger partial charge in [0, 0.05) is 32.6 Å². The van der Waals surface area contributed by atoms with E-state index in [1.165, 1.54) is 14.1 Å². The topological polar surface area (TPSA) is 52.7 Å². The molecule has 0 aliphatic carbocycles. The van der Waals surface area contributed by atoms with Gasteiger partial charge in [-0.25, -0.2) is 0 Å². The van der Waals surface area contributed by atoms with Crippen molar-refractivity contribution in [3.63, 3.8) is 0 Å². The monoisotopic (exact) mass is 311 g/mol. The molecular formula is C13H24F3N3O2. The smallest absolute Gasteiger partial charge is 0.347 e. The summed E-state index contributed by atoms with van der Waals surface area (Å²) in [7, 11) is 2.86. The Kier molecular flexibility index (Phi) is 7.15. The minimum absolute atomic E-state index is 0.0892. The lowest BCUT2D eigenvalue weighted by molar-refractivity contribution is -0.164. The van der Waals surface area contributed by atoms with Gasteiger partial charge in [-0.3, -0.25) is 9.59 Å². The molecule has 0 rings (SSSR count). The first-order valence-corrected chi connectivity index (χ1v) is 6.61. The molecule has 1 N–H and O–H groups in total. The summed E-state index contributed by atoms with van der Waals surface area (Å²) in [4.78, 5) is 25.1. The second-order valence-electron chi connectivity index (χ2n) is 6.08. The molecule has 2 amide bonds. The molecule has 0 aliphatic rings. The first-order chi connectivity index (χ1) is 9.32. The Morgan fingerprint density at radius 2 is 1.57 bits per heavy atom. The van der Waals surface area contributed by atoms with Crippen molar-refractivity contribution < 1.29 is 22.8 Å². The Morgan fingerprint density at radius 1 is 1.05 bits per heavy atom. The van der Waals surface area contributed by atoms with Gasteiger partial charge in [-0.1, -0.05) is 0 Å². The van der Waals surface area contributed by atoms with Crippen LogP contribution in [0, 0.1) is 0 Å². The molecule has 0 fully saturated rings. The van der Waals surface area contributed by atoms with Crippen LogP contribution in [0.15, 0.2) is 0 Å². The lowest BCUT2D eigenvalue weighted by Gasteiger charge is -2.26. The number of rotatable bonds is 6. The zero-order valence-corrected chi connectivity index (χ0v) is 13.2. The molecule has 5 nitrogen and oxygen atoms in total. The maximum atomic E-state index is 12.5. The number of nitrogens with zero attached hydrogens (tertiary/aromatic N) is 2. The Hall–Kier alpha value is -1.31. The Morgan fingerprint density at radius 3 is 1.95 bits per heavy atom. The van der Waals surface area contributed by atoms with E-state index in [0.29, 0.717) is 4.90 Å². The molecule has 0 aliphatic heterocycles. The summed E-state index contributed by atoms with van der Waals surface area (Å²) >= 11 is 0. The largest absolute Gasteiger partial charge is 0.406 e. The van der Waals surface area contributed by atoms with E-state index in [1.54, 1.807) is 0 Å². The van der Waals surface area contributed by atoms with E-state index in [0.717, 1.165) is 4.90 Å². The fourth-order valence-electron chi connectivity index (χ4n) is 1.46. The van der Waals surface area contributed by atoms with Gasteiger partial charge in [0.1, 0.15) is 13.1 Å². The fraction of sp³-hybridized carbons (Fsp3) is 0.846. The van der Waals surface area contributed by atoms with Crippen LogP contribution in [0.2, 0.25) is 0 Å². The zero-order valence-electron chi connectivity index (χ0n) is 13.2. The van der Waals surface area contributed by atoms with Crippen LogP contribution < -0.4 is 5.32 Å². The molecule has 0 bridgehead atoms. The average molecular weight is 311 g/mol. The van der Waals surface area contributed by atoms with Gasteiger partial charge >= 0.3 is 6.18 Å². The summed E-state index contributed by atoms with van der Waals surface area (Å²) in [6.45, 7) is 3.94. The van der Waals surface area contributed by atoms with Gasteiger partial charge in [-0.15, -0.1) is 0 Å². The quantitative estimate of drug-likeness (QED) is 0.803. The summed E-state index contributed by atoms with van der Waals surface area (Å²) < 4.78 is 37.5. The Balaban J connectivity index is 4.64. The van der Waals surface area contributed by atoms with Gasteiger partial charge in [0.15, 0.2) is 0 Å². The number of likely N-dealkylation sites (N-methyl/N-ethyl adjacent to an activating group) is 1. The van der Waals surface area contributed by atoms with Crippen LogP contribution in [0.1, 0.15) is 27.2 Å². The van der Waals surface area contributed by atoms with E-state index in [4.69, 9.17) is 0 Å². The third-order valence-electron chi connectivity index (χ3n) is 2.54. The molecule has 0 saturated heterocycles. The molecule has 0 spiro atoms. The molecule has 0 aromatic carbocycles. The Labute approximate surface area is 123 Å². The van der Waals surface area contributed by atoms with Crippen molar-refractivity contribution in [1.29, 1.82) is 0 Å². The molecule has 0 radical (unpaired) electrons. The van der Waals surface area contributed by atoms with E-state index >= 15 is 0 Å². The number of hydrogen-bond acceptors (Lipinski definition) is 3. The molecule has 0 heterocycles. The third-order valence-corrected chi connectivity index (χ3v) is 2.54. The predicted molar refractivity (Wildman–Crippen MR) is 73.7 cm³/mol. The maximum Gasteiger partial charge on any atom is 0.406 e. The number of nitrogens with one attached hydrogen (secondary N) is 1. The number of hydrogen-bond donors (Lipinski definition) is 1. The second-order valence-corrected chi connectivity index (χ2v) is 6.08. The van der Waals surface area contributed by atoms with Crippen LogP contribution in [0.25, 0.3) is 0 Å². The minimum atomic E-state index is -4.53. The van der Waals surface area contributed by atoms with Gasteiger partial charge in [0.05, 0.1) is 0 Å². The second kappa shape index (κ2) is 7.63. The first kappa shape index (κ1) is 19.7. The predicted octanol–water partition coefficient (Wildman–Crippen LogP) is 1.24. The highest BCUT2D eigenvalue weighted by Gasteiger charge is 2.34. The number of carbonyl (C=O) groups is 2. The molecule has 0 aromatic heterocycles. The highest BCUT2D eigenvalue weighted by atomic mass is 19.4. The van der Waals surface area contributed by atoms with Gasteiger partial charge in [-0.2, -0.15) is 13.2 Å². The zero-order chi connectivity index (χ0) is 16.8. The molecule has 0 unspecified atom stereocenters. The molecule has 124 valence electrons. The summed E-state index contributed by atoms with van der Waals surface area (Å²) in [5.74, 6) is -1.24. The van der Waals surface area contributed by atoms with Crippen molar-refractivity contribution in [3.05, 3.63) is 0 Å². The van der Waals surface area contributed by atoms with Crippen molar-refractivity contribution in [3.8, 4) is 0 Å². The number of alkyl halides is 3. The average Bonchev–Trinajstić information content (AvgIpc) is 2.23. The molecule has 8 heteroatoms. The van der Waals surface area contributed by atoms with E-state index in [-0.39, 0.29) is 18.5 Å². The van der Waals surface area contributed by atoms with Crippen LogP contribution >= 0.6 is 0 Å². The minimum Gasteiger partial charge on any atom is -0.347 e. The van der Waals surface area contributed by atoms with Crippen molar-refractivity contribution in [1.82, 2.24) is 15.1 Å². The fourth-order valence-corrected chi connectivity index (χ4v) is 1.46. The molecular weight excluding hydrogens is 287 g/mol. The Bertz CT molecular complexity index is 363. The summed E-state index contributed by atoms with van der Waals surface area (Å²) in [6, 6.07) is 0. The van der Waals surface area contributed by atoms with Crippen LogP contribution in [0.3, 0.4) is 0 Å². The summed E-state index contributed by atoms with van der Waals surface area (Å²) in [5.41, 5.74) is -0.228. The lowest BCUT2D eigenvalue weighted by atomic mass is 10.1. The van der Waals surface area contributed by atoms with E-state index in [2.05, 4.69) is 5.32 Å². The molecule has 21 heavy (non-hydrogen) atoms. The van der Waals surface area contributed by atoms with Crippen molar-refractivity contribution in [2.75, 3.05) is 33.7 Å². The van der Waals surface area contributed by atoms with Crippen LogP contribution in [-0.4, -0.2) is 67.1 Å². The van der Waals surface area contributed by atoms with Gasteiger partial charge < -0.3 is 15.1 Å². The van der Waals surface area contributed by atoms with E-state index < -0.39 is 31.1 Å². The standard InChI is InChI=1S/C13H24F3N3O2/c1-12(2,3)17-7-6-10(20)19(9-13(14,15)16)8-11(21)18(4)5/h17H,6-9H2,1-5H3. The molecule has 0 saturated carbocycles. The third kappa shape index (κ3) is 10.1. The van der Waals surface area contributed by atoms with Gasteiger partial charge in [-0.05, 0) is 20.8 Å². The first-order valence-electron chi connectivity index (χ1n) is 6.61. The molecule has 0 aromatic rings. The normalized spacial score (nSPS) is 12.2. The number of halogens is 3. The van der Waals surface area contributed by atoms with Crippen LogP contribution in [0.5, 0.6) is 0 Å². The highest BCUT2D eigenvalue weighted by Crippen LogP contribution is 2.17. The van der Waals surface area contributed by atoms with Crippen LogP contribution in [0.4, 0.5) is 13.2 Å². The SMILES string of the molecule is CN(C)C(=O)CN(CC(F)(F)F)C(=O)CCNC(C)(C)C. The number of carbonyl (C=O) groups excluding carboxylic acids is 2. The summed E-state index contributed by atoms with van der Waals surface area (Å²) in [6.07, 6.45) is -4.62. The van der Waals surface area contributed by atoms with Crippen molar-refractivity contribution in [2.24, 2.45) is 0 Å². The van der Waals surface area contributed by atoms with Gasteiger partial charge in [0.25, 0.3) is 0 Å². The van der Waals surface area contributed by atoms with Crippen LogP contribution in [-0.2, 0) is 9.59 Å². The highest BCUT2D eigenvalue weighted by molar-refractivity contribution is 5.84.